The lowest BCUT2D eigenvalue weighted by Crippen LogP contribution is -2.53. The fourth-order valence-electron chi connectivity index (χ4n) is 2.76. The van der Waals surface area contributed by atoms with Crippen molar-refractivity contribution in [3.8, 4) is 0 Å². The first-order valence-corrected chi connectivity index (χ1v) is 9.64. The van der Waals surface area contributed by atoms with Gasteiger partial charge >= 0.3 is 12.4 Å². The molecule has 0 aliphatic heterocycles. The van der Waals surface area contributed by atoms with E-state index in [0.717, 1.165) is 4.31 Å². The molecule has 0 spiro atoms. The first kappa shape index (κ1) is 23.0. The molecule has 0 aliphatic rings. The van der Waals surface area contributed by atoms with Crippen LogP contribution < -0.4 is 4.31 Å². The van der Waals surface area contributed by atoms with Crippen LogP contribution in [0.5, 0.6) is 0 Å². The van der Waals surface area contributed by atoms with Gasteiger partial charge in [0, 0.05) is 11.6 Å². The minimum Gasteiger partial charge on any atom is -0.369 e. The highest BCUT2D eigenvalue weighted by Crippen LogP contribution is 2.50. The molecule has 0 bridgehead atoms. The second-order valence-corrected chi connectivity index (χ2v) is 8.28. The maximum atomic E-state index is 13.0. The number of halogens is 6. The summed E-state index contributed by atoms with van der Waals surface area (Å²) in [4.78, 5) is -0.523. The van der Waals surface area contributed by atoms with E-state index in [4.69, 9.17) is 0 Å². The molecular formula is C18H17F6NO3S. The van der Waals surface area contributed by atoms with Gasteiger partial charge in [0.1, 0.15) is 0 Å². The lowest BCUT2D eigenvalue weighted by Gasteiger charge is -2.33. The van der Waals surface area contributed by atoms with Crippen molar-refractivity contribution in [1.82, 2.24) is 0 Å². The van der Waals surface area contributed by atoms with Crippen LogP contribution in [-0.4, -0.2) is 31.9 Å². The molecule has 0 unspecified atom stereocenters. The monoisotopic (exact) mass is 441 g/mol. The average molecular weight is 441 g/mol. The van der Waals surface area contributed by atoms with Crippen molar-refractivity contribution in [3.05, 3.63) is 60.2 Å². The number of anilines is 1. The lowest BCUT2D eigenvalue weighted by molar-refractivity contribution is -0.376. The standard InChI is InChI=1S/C18H17F6NO3S/c1-12(2)25(14-6-4-3-5-7-14)29(27,28)15-10-8-13(9-11-15)16(26,17(19,20)21)18(22,23)24/h3-12,26H,1-2H3. The van der Waals surface area contributed by atoms with Gasteiger partial charge in [0.15, 0.2) is 0 Å². The van der Waals surface area contributed by atoms with Crippen LogP contribution in [0.2, 0.25) is 0 Å². The smallest absolute Gasteiger partial charge is 0.369 e. The summed E-state index contributed by atoms with van der Waals surface area (Å²) in [5, 5.41) is 9.41. The van der Waals surface area contributed by atoms with E-state index in [0.29, 0.717) is 24.3 Å². The van der Waals surface area contributed by atoms with Gasteiger partial charge in [0.25, 0.3) is 15.6 Å². The van der Waals surface area contributed by atoms with Crippen molar-refractivity contribution in [2.24, 2.45) is 0 Å². The van der Waals surface area contributed by atoms with Crippen molar-refractivity contribution in [3.63, 3.8) is 0 Å². The Labute approximate surface area is 163 Å². The van der Waals surface area contributed by atoms with Gasteiger partial charge < -0.3 is 5.11 Å². The van der Waals surface area contributed by atoms with E-state index in [1.165, 1.54) is 12.1 Å². The third kappa shape index (κ3) is 4.06. The Morgan fingerprint density at radius 3 is 1.66 bits per heavy atom. The van der Waals surface area contributed by atoms with Crippen molar-refractivity contribution in [1.29, 1.82) is 0 Å². The number of hydrogen-bond acceptors (Lipinski definition) is 3. The molecular weight excluding hydrogens is 424 g/mol. The number of hydrogen-bond donors (Lipinski definition) is 1. The molecule has 29 heavy (non-hydrogen) atoms. The number of benzene rings is 2. The summed E-state index contributed by atoms with van der Waals surface area (Å²) >= 11 is 0. The van der Waals surface area contributed by atoms with Crippen molar-refractivity contribution in [2.75, 3.05) is 4.31 Å². The van der Waals surface area contributed by atoms with Crippen molar-refractivity contribution in [2.45, 2.75) is 42.7 Å². The molecule has 0 fully saturated rings. The second kappa shape index (κ2) is 7.52. The number of alkyl halides is 6. The van der Waals surface area contributed by atoms with Crippen LogP contribution in [0.3, 0.4) is 0 Å². The number of nitrogens with zero attached hydrogens (tertiary/aromatic N) is 1. The van der Waals surface area contributed by atoms with Gasteiger partial charge in [-0.1, -0.05) is 30.3 Å². The quantitative estimate of drug-likeness (QED) is 0.690. The van der Waals surface area contributed by atoms with Crippen molar-refractivity contribution < 1.29 is 39.9 Å². The molecule has 160 valence electrons. The van der Waals surface area contributed by atoms with Crippen LogP contribution in [0.1, 0.15) is 19.4 Å². The Hall–Kier alpha value is -2.27. The van der Waals surface area contributed by atoms with Crippen LogP contribution >= 0.6 is 0 Å². The SMILES string of the molecule is CC(C)N(c1ccccc1)S(=O)(=O)c1ccc(C(O)(C(F)(F)F)C(F)(F)F)cc1. The molecule has 0 aliphatic carbocycles. The molecule has 0 amide bonds. The highest BCUT2D eigenvalue weighted by Gasteiger charge is 2.71. The molecule has 2 aromatic carbocycles. The molecule has 0 saturated carbocycles. The zero-order valence-electron chi connectivity index (χ0n) is 15.2. The fourth-order valence-corrected chi connectivity index (χ4v) is 4.42. The zero-order valence-corrected chi connectivity index (χ0v) is 16.0. The topological polar surface area (TPSA) is 57.6 Å². The second-order valence-electron chi connectivity index (χ2n) is 6.46. The van der Waals surface area contributed by atoms with Gasteiger partial charge in [0.05, 0.1) is 10.6 Å². The summed E-state index contributed by atoms with van der Waals surface area (Å²) in [5.41, 5.74) is -6.39. The van der Waals surface area contributed by atoms with Gasteiger partial charge in [-0.2, -0.15) is 26.3 Å². The molecule has 2 aromatic rings. The molecule has 2 rings (SSSR count). The Bertz CT molecular complexity index is 924. The summed E-state index contributed by atoms with van der Waals surface area (Å²) in [6.07, 6.45) is -12.1. The highest BCUT2D eigenvalue weighted by molar-refractivity contribution is 7.92. The molecule has 0 heterocycles. The number of aliphatic hydroxyl groups is 1. The zero-order chi connectivity index (χ0) is 22.3. The largest absolute Gasteiger partial charge is 0.430 e. The van der Waals surface area contributed by atoms with Gasteiger partial charge in [-0.15, -0.1) is 0 Å². The van der Waals surface area contributed by atoms with E-state index in [-0.39, 0.29) is 5.69 Å². The van der Waals surface area contributed by atoms with E-state index in [2.05, 4.69) is 0 Å². The number of sulfonamides is 1. The third-order valence-electron chi connectivity index (χ3n) is 4.13. The Morgan fingerprint density at radius 1 is 0.828 bits per heavy atom. The number of rotatable bonds is 5. The van der Waals surface area contributed by atoms with E-state index in [1.54, 1.807) is 32.0 Å². The summed E-state index contributed by atoms with van der Waals surface area (Å²) in [6.45, 7) is 3.12. The molecule has 0 saturated heterocycles. The van der Waals surface area contributed by atoms with Crippen molar-refractivity contribution >= 4 is 15.7 Å². The predicted octanol–water partition coefficient (Wildman–Crippen LogP) is 4.60. The third-order valence-corrected chi connectivity index (χ3v) is 6.15. The van der Waals surface area contributed by atoms with Gasteiger partial charge in [0.2, 0.25) is 0 Å². The van der Waals surface area contributed by atoms with Crippen LogP contribution in [-0.2, 0) is 15.6 Å². The summed E-state index contributed by atoms with van der Waals surface area (Å²) in [7, 11) is -4.30. The molecule has 0 aromatic heterocycles. The van der Waals surface area contributed by atoms with E-state index < -0.39 is 44.5 Å². The molecule has 1 N–H and O–H groups in total. The van der Waals surface area contributed by atoms with Crippen LogP contribution in [0, 0.1) is 0 Å². The van der Waals surface area contributed by atoms with E-state index in [9.17, 15) is 39.9 Å². The minimum absolute atomic E-state index is 0.272. The van der Waals surface area contributed by atoms with E-state index in [1.807, 2.05) is 0 Å². The predicted molar refractivity (Wildman–Crippen MR) is 93.7 cm³/mol. The maximum absolute atomic E-state index is 13.0. The molecule has 4 nitrogen and oxygen atoms in total. The van der Waals surface area contributed by atoms with Crippen LogP contribution in [0.25, 0.3) is 0 Å². The summed E-state index contributed by atoms with van der Waals surface area (Å²) < 4.78 is 105. The van der Waals surface area contributed by atoms with E-state index >= 15 is 0 Å². The van der Waals surface area contributed by atoms with Gasteiger partial charge in [-0.3, -0.25) is 4.31 Å². The van der Waals surface area contributed by atoms with Crippen LogP contribution in [0.15, 0.2) is 59.5 Å². The summed E-state index contributed by atoms with van der Waals surface area (Å²) in [5.74, 6) is 0. The van der Waals surface area contributed by atoms with Crippen LogP contribution in [0.4, 0.5) is 32.0 Å². The minimum atomic E-state index is -6.06. The Kier molecular flexibility index (Phi) is 5.97. The fraction of sp³-hybridized carbons (Fsp3) is 0.333. The first-order valence-electron chi connectivity index (χ1n) is 8.20. The maximum Gasteiger partial charge on any atom is 0.430 e. The molecule has 0 radical (unpaired) electrons. The highest BCUT2D eigenvalue weighted by atomic mass is 32.2. The summed E-state index contributed by atoms with van der Waals surface area (Å²) in [6, 6.07) is 9.02. The first-order chi connectivity index (χ1) is 13.1. The molecule has 0 atom stereocenters. The normalized spacial score (nSPS) is 13.6. The van der Waals surface area contributed by atoms with Gasteiger partial charge in [-0.05, 0) is 38.1 Å². The Morgan fingerprint density at radius 2 is 1.28 bits per heavy atom. The lowest BCUT2D eigenvalue weighted by atomic mass is 9.92. The van der Waals surface area contributed by atoms with Gasteiger partial charge in [-0.25, -0.2) is 8.42 Å². The molecule has 11 heteroatoms. The average Bonchev–Trinajstić information content (AvgIpc) is 2.59. The Balaban J connectivity index is 2.55. The number of para-hydroxylation sites is 1.